The van der Waals surface area contributed by atoms with E-state index in [1.54, 1.807) is 18.2 Å². The van der Waals surface area contributed by atoms with E-state index in [4.69, 9.17) is 21.1 Å². The van der Waals surface area contributed by atoms with Gasteiger partial charge in [0.25, 0.3) is 10.0 Å². The SMILES string of the molecule is COc1ccc(NS(=O)(=O)c2cc(Cl)c(Br)s2)c(OC)c1. The van der Waals surface area contributed by atoms with E-state index < -0.39 is 10.0 Å². The molecule has 1 aromatic carbocycles. The maximum Gasteiger partial charge on any atom is 0.271 e. The van der Waals surface area contributed by atoms with Crippen LogP contribution in [-0.4, -0.2) is 22.6 Å². The van der Waals surface area contributed by atoms with E-state index in [1.165, 1.54) is 20.3 Å². The van der Waals surface area contributed by atoms with Gasteiger partial charge in [0.05, 0.1) is 28.7 Å². The summed E-state index contributed by atoms with van der Waals surface area (Å²) in [5.41, 5.74) is 0.318. The molecule has 9 heteroatoms. The predicted octanol–water partition coefficient (Wildman–Crippen LogP) is 3.98. The van der Waals surface area contributed by atoms with Crippen LogP contribution < -0.4 is 14.2 Å². The van der Waals surface area contributed by atoms with Gasteiger partial charge in [0.15, 0.2) is 0 Å². The molecule has 114 valence electrons. The van der Waals surface area contributed by atoms with Crippen LogP contribution in [-0.2, 0) is 10.0 Å². The lowest BCUT2D eigenvalue weighted by atomic mass is 10.3. The molecule has 5 nitrogen and oxygen atoms in total. The van der Waals surface area contributed by atoms with Crippen molar-refractivity contribution in [2.45, 2.75) is 4.21 Å². The van der Waals surface area contributed by atoms with E-state index in [1.807, 2.05) is 0 Å². The molecule has 0 aliphatic heterocycles. The van der Waals surface area contributed by atoms with Gasteiger partial charge >= 0.3 is 0 Å². The van der Waals surface area contributed by atoms with Crippen molar-refractivity contribution in [3.8, 4) is 11.5 Å². The molecule has 1 aromatic heterocycles. The van der Waals surface area contributed by atoms with Crippen molar-refractivity contribution in [3.05, 3.63) is 33.1 Å². The molecule has 1 heterocycles. The maximum absolute atomic E-state index is 12.3. The molecule has 21 heavy (non-hydrogen) atoms. The monoisotopic (exact) mass is 411 g/mol. The molecule has 1 N–H and O–H groups in total. The zero-order chi connectivity index (χ0) is 15.6. The fourth-order valence-corrected chi connectivity index (χ4v) is 5.01. The van der Waals surface area contributed by atoms with E-state index >= 15 is 0 Å². The number of sulfonamides is 1. The van der Waals surface area contributed by atoms with Gasteiger partial charge in [0.1, 0.15) is 15.7 Å². The zero-order valence-electron chi connectivity index (χ0n) is 11.0. The number of rotatable bonds is 5. The number of hydrogen-bond acceptors (Lipinski definition) is 5. The summed E-state index contributed by atoms with van der Waals surface area (Å²) >= 11 is 10.1. The number of halogens is 2. The first-order valence-corrected chi connectivity index (χ1v) is 9.04. The van der Waals surface area contributed by atoms with Crippen molar-refractivity contribution < 1.29 is 17.9 Å². The molecule has 0 saturated carbocycles. The van der Waals surface area contributed by atoms with Crippen molar-refractivity contribution in [2.75, 3.05) is 18.9 Å². The summed E-state index contributed by atoms with van der Waals surface area (Å²) in [6, 6.07) is 6.18. The first-order chi connectivity index (χ1) is 9.87. The minimum atomic E-state index is -3.73. The molecular formula is C12H11BrClNO4S2. The van der Waals surface area contributed by atoms with Crippen LogP contribution in [0.15, 0.2) is 32.3 Å². The molecule has 0 unspecified atom stereocenters. The highest BCUT2D eigenvalue weighted by molar-refractivity contribution is 9.11. The standard InChI is InChI=1S/C12H11BrClNO4S2/c1-18-7-3-4-9(10(5-7)19-2)15-21(16,17)11-6-8(14)12(13)20-11/h3-6,15H,1-2H3. The second-order valence-corrected chi connectivity index (χ2v) is 8.55. The molecule has 0 saturated heterocycles. The van der Waals surface area contributed by atoms with Crippen LogP contribution >= 0.6 is 38.9 Å². The Bertz CT molecular complexity index is 741. The van der Waals surface area contributed by atoms with Crippen molar-refractivity contribution in [1.29, 1.82) is 0 Å². The molecule has 2 rings (SSSR count). The van der Waals surface area contributed by atoms with Gasteiger partial charge in [-0.15, -0.1) is 11.3 Å². The van der Waals surface area contributed by atoms with E-state index in [0.29, 0.717) is 26.0 Å². The van der Waals surface area contributed by atoms with Crippen molar-refractivity contribution in [2.24, 2.45) is 0 Å². The molecule has 0 atom stereocenters. The summed E-state index contributed by atoms with van der Waals surface area (Å²) in [7, 11) is -0.767. The van der Waals surface area contributed by atoms with Gasteiger partial charge in [0.2, 0.25) is 0 Å². The second-order valence-electron chi connectivity index (χ2n) is 3.86. The second kappa shape index (κ2) is 6.43. The first kappa shape index (κ1) is 16.4. The third kappa shape index (κ3) is 3.63. The summed E-state index contributed by atoms with van der Waals surface area (Å²) in [6.45, 7) is 0. The van der Waals surface area contributed by atoms with E-state index in [2.05, 4.69) is 20.7 Å². The van der Waals surface area contributed by atoms with E-state index in [9.17, 15) is 8.42 Å². The van der Waals surface area contributed by atoms with Gasteiger partial charge in [-0.25, -0.2) is 8.42 Å². The number of thiophene rings is 1. The topological polar surface area (TPSA) is 64.6 Å². The average molecular weight is 413 g/mol. The first-order valence-electron chi connectivity index (χ1n) is 5.57. The smallest absolute Gasteiger partial charge is 0.271 e. The molecule has 0 bridgehead atoms. The van der Waals surface area contributed by atoms with Crippen LogP contribution in [0, 0.1) is 0 Å². The fourth-order valence-electron chi connectivity index (χ4n) is 1.54. The summed E-state index contributed by atoms with van der Waals surface area (Å²) in [5.74, 6) is 0.927. The van der Waals surface area contributed by atoms with E-state index in [0.717, 1.165) is 11.3 Å². The molecule has 0 spiro atoms. The zero-order valence-corrected chi connectivity index (χ0v) is 15.0. The van der Waals surface area contributed by atoms with Gasteiger partial charge in [-0.1, -0.05) is 11.6 Å². The molecule has 0 aliphatic carbocycles. The van der Waals surface area contributed by atoms with Gasteiger partial charge in [0, 0.05) is 6.07 Å². The normalized spacial score (nSPS) is 11.2. The molecule has 0 amide bonds. The summed E-state index contributed by atoms with van der Waals surface area (Å²) in [6.07, 6.45) is 0. The Morgan fingerprint density at radius 1 is 1.24 bits per heavy atom. The third-order valence-electron chi connectivity index (χ3n) is 2.54. The number of methoxy groups -OCH3 is 2. The average Bonchev–Trinajstić information content (AvgIpc) is 2.79. The van der Waals surface area contributed by atoms with E-state index in [-0.39, 0.29) is 4.21 Å². The summed E-state index contributed by atoms with van der Waals surface area (Å²) < 4.78 is 38.0. The Morgan fingerprint density at radius 3 is 2.48 bits per heavy atom. The Labute approximate surface area is 140 Å². The highest BCUT2D eigenvalue weighted by atomic mass is 79.9. The van der Waals surface area contributed by atoms with Crippen LogP contribution in [0.3, 0.4) is 0 Å². The lowest BCUT2D eigenvalue weighted by Gasteiger charge is -2.12. The number of ether oxygens (including phenoxy) is 2. The number of benzene rings is 1. The number of hydrogen-bond donors (Lipinski definition) is 1. The number of nitrogens with one attached hydrogen (secondary N) is 1. The summed E-state index contributed by atoms with van der Waals surface area (Å²) in [4.78, 5) is 0. The summed E-state index contributed by atoms with van der Waals surface area (Å²) in [5, 5.41) is 0.349. The van der Waals surface area contributed by atoms with Gasteiger partial charge in [-0.3, -0.25) is 4.72 Å². The number of anilines is 1. The van der Waals surface area contributed by atoms with Gasteiger partial charge < -0.3 is 9.47 Å². The van der Waals surface area contributed by atoms with Crippen LogP contribution in [0.25, 0.3) is 0 Å². The molecule has 0 fully saturated rings. The van der Waals surface area contributed by atoms with Crippen molar-refractivity contribution in [3.63, 3.8) is 0 Å². The molecule has 0 radical (unpaired) electrons. The van der Waals surface area contributed by atoms with Crippen LogP contribution in [0.4, 0.5) is 5.69 Å². The Morgan fingerprint density at radius 2 is 1.95 bits per heavy atom. The van der Waals surface area contributed by atoms with Gasteiger partial charge in [-0.2, -0.15) is 0 Å². The Balaban J connectivity index is 2.36. The highest BCUT2D eigenvalue weighted by Gasteiger charge is 2.21. The van der Waals surface area contributed by atoms with Crippen LogP contribution in [0.1, 0.15) is 0 Å². The molecular weight excluding hydrogens is 402 g/mol. The highest BCUT2D eigenvalue weighted by Crippen LogP contribution is 2.37. The van der Waals surface area contributed by atoms with Crippen molar-refractivity contribution >= 4 is 54.6 Å². The Hall–Kier alpha value is -0.960. The largest absolute Gasteiger partial charge is 0.497 e. The fraction of sp³-hybridized carbons (Fsp3) is 0.167. The van der Waals surface area contributed by atoms with Crippen molar-refractivity contribution in [1.82, 2.24) is 0 Å². The minimum absolute atomic E-state index is 0.109. The van der Waals surface area contributed by atoms with Crippen LogP contribution in [0.2, 0.25) is 5.02 Å². The Kier molecular flexibility index (Phi) is 5.03. The minimum Gasteiger partial charge on any atom is -0.497 e. The quantitative estimate of drug-likeness (QED) is 0.806. The lowest BCUT2D eigenvalue weighted by Crippen LogP contribution is -2.12. The maximum atomic E-state index is 12.3. The van der Waals surface area contributed by atoms with Gasteiger partial charge in [-0.05, 0) is 34.1 Å². The van der Waals surface area contributed by atoms with Crippen LogP contribution in [0.5, 0.6) is 11.5 Å². The molecule has 0 aliphatic rings. The predicted molar refractivity (Wildman–Crippen MR) is 87.4 cm³/mol. The third-order valence-corrected chi connectivity index (χ3v) is 6.85. The molecule has 2 aromatic rings. The lowest BCUT2D eigenvalue weighted by molar-refractivity contribution is 0.395.